The summed E-state index contributed by atoms with van der Waals surface area (Å²) in [5, 5.41) is 15.2. The molecule has 0 radical (unpaired) electrons. The number of fused-ring (bicyclic) bond motifs is 1. The summed E-state index contributed by atoms with van der Waals surface area (Å²) in [7, 11) is 1.99. The average Bonchev–Trinajstić information content (AvgIpc) is 2.76. The first-order valence-corrected chi connectivity index (χ1v) is 7.19. The lowest BCUT2D eigenvalue weighted by Gasteiger charge is -2.18. The third kappa shape index (κ3) is 2.89. The van der Waals surface area contributed by atoms with Crippen molar-refractivity contribution in [2.24, 2.45) is 7.05 Å². The van der Waals surface area contributed by atoms with Gasteiger partial charge in [-0.2, -0.15) is 0 Å². The average molecular weight is 271 g/mol. The van der Waals surface area contributed by atoms with Gasteiger partial charge in [0.15, 0.2) is 0 Å². The van der Waals surface area contributed by atoms with Crippen LogP contribution in [0.3, 0.4) is 0 Å². The fraction of sp³-hybridized carbons (Fsp3) is 0.467. The van der Waals surface area contributed by atoms with Crippen LogP contribution >= 0.6 is 0 Å². The molecule has 0 spiro atoms. The normalized spacial score (nSPS) is 18.6. The second kappa shape index (κ2) is 6.15. The van der Waals surface area contributed by atoms with Crippen molar-refractivity contribution in [3.63, 3.8) is 0 Å². The van der Waals surface area contributed by atoms with Crippen LogP contribution in [0, 0.1) is 0 Å². The smallest absolute Gasteiger partial charge is 0.133 e. The maximum Gasteiger partial charge on any atom is 0.133 e. The van der Waals surface area contributed by atoms with Gasteiger partial charge in [0.25, 0.3) is 0 Å². The summed E-state index contributed by atoms with van der Waals surface area (Å²) in [6.45, 7) is 2.94. The summed E-state index contributed by atoms with van der Waals surface area (Å²) < 4.78 is 1.98. The Kier molecular flexibility index (Phi) is 4.08. The van der Waals surface area contributed by atoms with Crippen LogP contribution in [0.4, 0.5) is 0 Å². The van der Waals surface area contributed by atoms with Gasteiger partial charge >= 0.3 is 0 Å². The SMILES string of the molecule is Cn1cnnc1CCNC1CCNCc2ccccc21. The van der Waals surface area contributed by atoms with Crippen LogP contribution in [0.25, 0.3) is 0 Å². The number of aryl methyl sites for hydroxylation is 1. The summed E-state index contributed by atoms with van der Waals surface area (Å²) in [6.07, 6.45) is 3.78. The molecule has 0 saturated heterocycles. The highest BCUT2D eigenvalue weighted by atomic mass is 15.2. The number of hydrogen-bond donors (Lipinski definition) is 2. The molecule has 20 heavy (non-hydrogen) atoms. The van der Waals surface area contributed by atoms with Gasteiger partial charge in [-0.25, -0.2) is 0 Å². The predicted molar refractivity (Wildman–Crippen MR) is 78.2 cm³/mol. The van der Waals surface area contributed by atoms with Crippen molar-refractivity contribution in [1.82, 2.24) is 25.4 Å². The quantitative estimate of drug-likeness (QED) is 0.877. The van der Waals surface area contributed by atoms with E-state index in [-0.39, 0.29) is 0 Å². The fourth-order valence-corrected chi connectivity index (χ4v) is 2.76. The van der Waals surface area contributed by atoms with Gasteiger partial charge in [-0.3, -0.25) is 0 Å². The zero-order valence-electron chi connectivity index (χ0n) is 11.8. The molecule has 2 heterocycles. The molecule has 1 aliphatic rings. The molecular formula is C15H21N5. The van der Waals surface area contributed by atoms with Crippen LogP contribution in [-0.2, 0) is 20.0 Å². The molecule has 0 fully saturated rings. The molecule has 106 valence electrons. The van der Waals surface area contributed by atoms with Crippen LogP contribution in [0.15, 0.2) is 30.6 Å². The van der Waals surface area contributed by atoms with Crippen LogP contribution in [0.2, 0.25) is 0 Å². The van der Waals surface area contributed by atoms with E-state index >= 15 is 0 Å². The Morgan fingerprint density at radius 1 is 1.40 bits per heavy atom. The highest BCUT2D eigenvalue weighted by molar-refractivity contribution is 5.31. The molecule has 1 atom stereocenters. The molecule has 1 aromatic carbocycles. The van der Waals surface area contributed by atoms with E-state index in [1.165, 1.54) is 11.1 Å². The molecule has 2 aromatic rings. The summed E-state index contributed by atoms with van der Waals surface area (Å²) in [5.74, 6) is 1.03. The van der Waals surface area contributed by atoms with Gasteiger partial charge in [-0.15, -0.1) is 10.2 Å². The molecule has 0 bridgehead atoms. The third-order valence-electron chi connectivity index (χ3n) is 3.90. The van der Waals surface area contributed by atoms with E-state index in [9.17, 15) is 0 Å². The van der Waals surface area contributed by atoms with Crippen molar-refractivity contribution in [2.75, 3.05) is 13.1 Å². The van der Waals surface area contributed by atoms with E-state index in [0.717, 1.165) is 38.3 Å². The Bertz CT molecular complexity index is 563. The van der Waals surface area contributed by atoms with Crippen molar-refractivity contribution in [1.29, 1.82) is 0 Å². The molecular weight excluding hydrogens is 250 g/mol. The molecule has 0 amide bonds. The number of aromatic nitrogens is 3. The molecule has 5 nitrogen and oxygen atoms in total. The topological polar surface area (TPSA) is 54.8 Å². The van der Waals surface area contributed by atoms with E-state index in [2.05, 4.69) is 45.1 Å². The summed E-state index contributed by atoms with van der Waals surface area (Å²) in [5.41, 5.74) is 2.83. The van der Waals surface area contributed by atoms with E-state index in [1.807, 2.05) is 11.6 Å². The molecule has 3 rings (SSSR count). The molecule has 0 aliphatic carbocycles. The lowest BCUT2D eigenvalue weighted by Crippen LogP contribution is -2.25. The highest BCUT2D eigenvalue weighted by Gasteiger charge is 2.17. The van der Waals surface area contributed by atoms with Gasteiger partial charge in [0, 0.05) is 32.6 Å². The number of hydrogen-bond acceptors (Lipinski definition) is 4. The summed E-state index contributed by atoms with van der Waals surface area (Å²) >= 11 is 0. The first kappa shape index (κ1) is 13.3. The Morgan fingerprint density at radius 3 is 3.15 bits per heavy atom. The fourth-order valence-electron chi connectivity index (χ4n) is 2.76. The van der Waals surface area contributed by atoms with E-state index < -0.39 is 0 Å². The Hall–Kier alpha value is -1.72. The van der Waals surface area contributed by atoms with Crippen molar-refractivity contribution in [3.8, 4) is 0 Å². The van der Waals surface area contributed by atoms with Gasteiger partial charge in [-0.05, 0) is 24.1 Å². The molecule has 1 aromatic heterocycles. The van der Waals surface area contributed by atoms with E-state index in [4.69, 9.17) is 0 Å². The first-order chi connectivity index (χ1) is 9.84. The number of benzene rings is 1. The van der Waals surface area contributed by atoms with Crippen molar-refractivity contribution in [3.05, 3.63) is 47.5 Å². The zero-order chi connectivity index (χ0) is 13.8. The Morgan fingerprint density at radius 2 is 2.30 bits per heavy atom. The van der Waals surface area contributed by atoms with Gasteiger partial charge in [0.2, 0.25) is 0 Å². The third-order valence-corrected chi connectivity index (χ3v) is 3.90. The number of rotatable bonds is 4. The second-order valence-corrected chi connectivity index (χ2v) is 5.28. The lowest BCUT2D eigenvalue weighted by molar-refractivity contribution is 0.494. The second-order valence-electron chi connectivity index (χ2n) is 5.28. The minimum Gasteiger partial charge on any atom is -0.321 e. The van der Waals surface area contributed by atoms with Gasteiger partial charge < -0.3 is 15.2 Å². The van der Waals surface area contributed by atoms with Gasteiger partial charge in [0.05, 0.1) is 0 Å². The van der Waals surface area contributed by atoms with Crippen LogP contribution in [0.5, 0.6) is 0 Å². The van der Waals surface area contributed by atoms with Gasteiger partial charge in [-0.1, -0.05) is 24.3 Å². The highest BCUT2D eigenvalue weighted by Crippen LogP contribution is 2.23. The summed E-state index contributed by atoms with van der Waals surface area (Å²) in [6, 6.07) is 9.12. The van der Waals surface area contributed by atoms with Crippen molar-refractivity contribution in [2.45, 2.75) is 25.4 Å². The van der Waals surface area contributed by atoms with Crippen LogP contribution in [-0.4, -0.2) is 27.9 Å². The van der Waals surface area contributed by atoms with Crippen LogP contribution < -0.4 is 10.6 Å². The van der Waals surface area contributed by atoms with E-state index in [1.54, 1.807) is 6.33 Å². The maximum atomic E-state index is 4.12. The lowest BCUT2D eigenvalue weighted by atomic mass is 9.99. The van der Waals surface area contributed by atoms with E-state index in [0.29, 0.717) is 6.04 Å². The maximum absolute atomic E-state index is 4.12. The molecule has 5 heteroatoms. The minimum atomic E-state index is 0.425. The van der Waals surface area contributed by atoms with Gasteiger partial charge in [0.1, 0.15) is 12.2 Å². The zero-order valence-corrected chi connectivity index (χ0v) is 11.8. The number of nitrogens with one attached hydrogen (secondary N) is 2. The predicted octanol–water partition coefficient (Wildman–Crippen LogP) is 1.18. The molecule has 1 aliphatic heterocycles. The molecule has 0 saturated carbocycles. The molecule has 1 unspecified atom stereocenters. The van der Waals surface area contributed by atoms with Crippen molar-refractivity contribution >= 4 is 0 Å². The standard InChI is InChI=1S/C15H21N5/c1-20-11-18-19-15(20)7-9-17-14-6-8-16-10-12-4-2-3-5-13(12)14/h2-5,11,14,16-17H,6-10H2,1H3. The Labute approximate surface area is 119 Å². The molecule has 2 N–H and O–H groups in total. The van der Waals surface area contributed by atoms with Crippen LogP contribution in [0.1, 0.15) is 29.4 Å². The van der Waals surface area contributed by atoms with Crippen molar-refractivity contribution < 1.29 is 0 Å². The largest absolute Gasteiger partial charge is 0.321 e. The first-order valence-electron chi connectivity index (χ1n) is 7.19. The number of nitrogens with zero attached hydrogens (tertiary/aromatic N) is 3. The Balaban J connectivity index is 1.64. The minimum absolute atomic E-state index is 0.425. The summed E-state index contributed by atoms with van der Waals surface area (Å²) in [4.78, 5) is 0. The monoisotopic (exact) mass is 271 g/mol.